The fraction of sp³-hybridized carbons (Fsp3) is 0.500. The van der Waals surface area contributed by atoms with Crippen LogP contribution in [0.3, 0.4) is 0 Å². The molecule has 4 heteroatoms. The minimum absolute atomic E-state index is 0.676. The van der Waals surface area contributed by atoms with E-state index in [0.29, 0.717) is 6.04 Å². The predicted octanol–water partition coefficient (Wildman–Crippen LogP) is 3.19. The molecule has 3 rings (SSSR count). The lowest BCUT2D eigenvalue weighted by molar-refractivity contribution is 0.277. The summed E-state index contributed by atoms with van der Waals surface area (Å²) in [6.45, 7) is 5.67. The Morgan fingerprint density at radius 2 is 2.33 bits per heavy atom. The standard InChI is InChI=1S/C14H19N3S/c1-2-17-9-5-6-11(17)10-15-14-12-7-3-4-8-13(12)18-16-14/h3-4,7-8,11H,2,5-6,9-10H2,1H3,(H,15,16)/t11-/m1/s1. The van der Waals surface area contributed by atoms with Crippen molar-refractivity contribution >= 4 is 27.4 Å². The van der Waals surface area contributed by atoms with Gasteiger partial charge in [-0.05, 0) is 49.6 Å². The van der Waals surface area contributed by atoms with E-state index in [-0.39, 0.29) is 0 Å². The summed E-state index contributed by atoms with van der Waals surface area (Å²) < 4.78 is 5.78. The van der Waals surface area contributed by atoms with Crippen LogP contribution in [0.1, 0.15) is 19.8 Å². The Morgan fingerprint density at radius 3 is 3.22 bits per heavy atom. The molecular formula is C14H19N3S. The number of nitrogens with one attached hydrogen (secondary N) is 1. The normalized spacial score (nSPS) is 20.6. The van der Waals surface area contributed by atoms with E-state index in [1.165, 1.54) is 29.5 Å². The maximum atomic E-state index is 4.52. The van der Waals surface area contributed by atoms with E-state index < -0.39 is 0 Å². The number of hydrogen-bond donors (Lipinski definition) is 1. The Balaban J connectivity index is 1.69. The summed E-state index contributed by atoms with van der Waals surface area (Å²) in [4.78, 5) is 2.56. The molecule has 1 saturated heterocycles. The van der Waals surface area contributed by atoms with E-state index in [1.807, 2.05) is 0 Å². The molecule has 0 radical (unpaired) electrons. The number of fused-ring (bicyclic) bond motifs is 1. The van der Waals surface area contributed by atoms with Gasteiger partial charge in [0, 0.05) is 18.0 Å². The first-order chi connectivity index (χ1) is 8.88. The van der Waals surface area contributed by atoms with Gasteiger partial charge in [-0.2, -0.15) is 4.37 Å². The molecule has 96 valence electrons. The van der Waals surface area contributed by atoms with Crippen molar-refractivity contribution in [3.8, 4) is 0 Å². The third kappa shape index (κ3) is 2.22. The van der Waals surface area contributed by atoms with Gasteiger partial charge in [0.05, 0.1) is 4.70 Å². The highest BCUT2D eigenvalue weighted by Crippen LogP contribution is 2.26. The molecule has 1 fully saturated rings. The van der Waals surface area contributed by atoms with Crippen molar-refractivity contribution in [3.05, 3.63) is 24.3 Å². The van der Waals surface area contributed by atoms with Crippen LogP contribution in [-0.2, 0) is 0 Å². The molecular weight excluding hydrogens is 242 g/mol. The van der Waals surface area contributed by atoms with Crippen LogP contribution < -0.4 is 5.32 Å². The van der Waals surface area contributed by atoms with Gasteiger partial charge in [0.15, 0.2) is 0 Å². The average molecular weight is 261 g/mol. The molecule has 0 amide bonds. The van der Waals surface area contributed by atoms with Crippen molar-refractivity contribution in [1.82, 2.24) is 9.27 Å². The summed E-state index contributed by atoms with van der Waals surface area (Å²) in [6, 6.07) is 9.10. The van der Waals surface area contributed by atoms with Crippen LogP contribution in [0, 0.1) is 0 Å². The van der Waals surface area contributed by atoms with Gasteiger partial charge >= 0.3 is 0 Å². The lowest BCUT2D eigenvalue weighted by atomic mass is 10.2. The number of rotatable bonds is 4. The lowest BCUT2D eigenvalue weighted by Gasteiger charge is -2.22. The number of benzene rings is 1. The zero-order valence-electron chi connectivity index (χ0n) is 10.7. The monoisotopic (exact) mass is 261 g/mol. The van der Waals surface area contributed by atoms with E-state index in [9.17, 15) is 0 Å². The Hall–Kier alpha value is -1.13. The van der Waals surface area contributed by atoms with E-state index in [4.69, 9.17) is 0 Å². The minimum atomic E-state index is 0.676. The van der Waals surface area contributed by atoms with Crippen LogP contribution in [0.15, 0.2) is 24.3 Å². The highest BCUT2D eigenvalue weighted by molar-refractivity contribution is 7.13. The zero-order valence-corrected chi connectivity index (χ0v) is 11.5. The van der Waals surface area contributed by atoms with Crippen LogP contribution in [-0.4, -0.2) is 34.9 Å². The summed E-state index contributed by atoms with van der Waals surface area (Å²) in [5.74, 6) is 1.05. The highest BCUT2D eigenvalue weighted by atomic mass is 32.1. The Bertz CT molecular complexity index is 522. The molecule has 1 aromatic carbocycles. The first-order valence-corrected chi connectivity index (χ1v) is 7.48. The summed E-state index contributed by atoms with van der Waals surface area (Å²) in [5, 5.41) is 4.78. The zero-order chi connectivity index (χ0) is 12.4. The van der Waals surface area contributed by atoms with Gasteiger partial charge in [0.1, 0.15) is 5.82 Å². The third-order valence-corrected chi connectivity index (χ3v) is 4.61. The fourth-order valence-corrected chi connectivity index (χ4v) is 3.53. The maximum absolute atomic E-state index is 4.52. The van der Waals surface area contributed by atoms with Crippen LogP contribution >= 0.6 is 11.5 Å². The van der Waals surface area contributed by atoms with Gasteiger partial charge < -0.3 is 5.32 Å². The van der Waals surface area contributed by atoms with Gasteiger partial charge in [-0.15, -0.1) is 0 Å². The van der Waals surface area contributed by atoms with Crippen LogP contribution in [0.25, 0.3) is 10.1 Å². The van der Waals surface area contributed by atoms with Crippen molar-refractivity contribution < 1.29 is 0 Å². The van der Waals surface area contributed by atoms with E-state index >= 15 is 0 Å². The van der Waals surface area contributed by atoms with Crippen LogP contribution in [0.2, 0.25) is 0 Å². The average Bonchev–Trinajstić information content (AvgIpc) is 3.02. The molecule has 1 N–H and O–H groups in total. The molecule has 2 heterocycles. The molecule has 1 aliphatic heterocycles. The molecule has 2 aromatic rings. The molecule has 0 saturated carbocycles. The predicted molar refractivity (Wildman–Crippen MR) is 78.4 cm³/mol. The highest BCUT2D eigenvalue weighted by Gasteiger charge is 2.22. The number of likely N-dealkylation sites (tertiary alicyclic amines) is 1. The van der Waals surface area contributed by atoms with Gasteiger partial charge in [-0.3, -0.25) is 4.90 Å². The molecule has 3 nitrogen and oxygen atoms in total. The summed E-state index contributed by atoms with van der Waals surface area (Å²) in [6.07, 6.45) is 2.64. The minimum Gasteiger partial charge on any atom is -0.367 e. The molecule has 18 heavy (non-hydrogen) atoms. The Kier molecular flexibility index (Phi) is 3.48. The number of hydrogen-bond acceptors (Lipinski definition) is 4. The van der Waals surface area contributed by atoms with Crippen molar-refractivity contribution in [3.63, 3.8) is 0 Å². The van der Waals surface area contributed by atoms with Gasteiger partial charge in [-0.25, -0.2) is 0 Å². The van der Waals surface area contributed by atoms with Gasteiger partial charge in [-0.1, -0.05) is 19.1 Å². The fourth-order valence-electron chi connectivity index (χ4n) is 2.77. The molecule has 1 aromatic heterocycles. The van der Waals surface area contributed by atoms with E-state index in [2.05, 4.69) is 45.8 Å². The Morgan fingerprint density at radius 1 is 1.44 bits per heavy atom. The Labute approximate surface area is 112 Å². The molecule has 0 bridgehead atoms. The number of anilines is 1. The van der Waals surface area contributed by atoms with Crippen molar-refractivity contribution in [2.45, 2.75) is 25.8 Å². The molecule has 0 unspecified atom stereocenters. The second-order valence-corrected chi connectivity index (χ2v) is 5.64. The van der Waals surface area contributed by atoms with Crippen LogP contribution in [0.5, 0.6) is 0 Å². The SMILES string of the molecule is CCN1CCC[C@@H]1CNc1nsc2ccccc12. The van der Waals surface area contributed by atoms with Crippen molar-refractivity contribution in [2.75, 3.05) is 25.0 Å². The summed E-state index contributed by atoms with van der Waals surface area (Å²) in [7, 11) is 0. The second-order valence-electron chi connectivity index (χ2n) is 4.83. The van der Waals surface area contributed by atoms with E-state index in [0.717, 1.165) is 18.9 Å². The quantitative estimate of drug-likeness (QED) is 0.916. The smallest absolute Gasteiger partial charge is 0.147 e. The topological polar surface area (TPSA) is 28.2 Å². The second kappa shape index (κ2) is 5.24. The molecule has 0 aliphatic carbocycles. The third-order valence-electron chi connectivity index (χ3n) is 3.79. The van der Waals surface area contributed by atoms with Crippen LogP contribution in [0.4, 0.5) is 5.82 Å². The summed E-state index contributed by atoms with van der Waals surface area (Å²) in [5.41, 5.74) is 0. The number of aromatic nitrogens is 1. The lowest BCUT2D eigenvalue weighted by Crippen LogP contribution is -2.34. The number of likely N-dealkylation sites (N-methyl/N-ethyl adjacent to an activating group) is 1. The maximum Gasteiger partial charge on any atom is 0.147 e. The van der Waals surface area contributed by atoms with Gasteiger partial charge in [0.25, 0.3) is 0 Å². The number of nitrogens with zero attached hydrogens (tertiary/aromatic N) is 2. The molecule has 0 spiro atoms. The molecule has 1 atom stereocenters. The summed E-state index contributed by atoms with van der Waals surface area (Å²) >= 11 is 1.58. The largest absolute Gasteiger partial charge is 0.367 e. The van der Waals surface area contributed by atoms with E-state index in [1.54, 1.807) is 11.5 Å². The molecule has 1 aliphatic rings. The van der Waals surface area contributed by atoms with Gasteiger partial charge in [0.2, 0.25) is 0 Å². The first kappa shape index (κ1) is 11.9. The van der Waals surface area contributed by atoms with Crippen molar-refractivity contribution in [1.29, 1.82) is 0 Å². The van der Waals surface area contributed by atoms with Crippen molar-refractivity contribution in [2.24, 2.45) is 0 Å². The first-order valence-electron chi connectivity index (χ1n) is 6.71.